The van der Waals surface area contributed by atoms with Crippen LogP contribution in [-0.2, 0) is 0 Å². The quantitative estimate of drug-likeness (QED) is 0.373. The number of phenolic OH excluding ortho intramolecular Hbond substituents is 1. The van der Waals surface area contributed by atoms with Crippen LogP contribution in [0, 0.1) is 0 Å². The highest BCUT2D eigenvalue weighted by atomic mass is 35.5. The highest BCUT2D eigenvalue weighted by Crippen LogP contribution is 2.49. The molecular formula is C24H17ClF6N2O2. The molecule has 35 heavy (non-hydrogen) atoms. The van der Waals surface area contributed by atoms with E-state index in [2.05, 4.69) is 5.10 Å². The number of aromatic hydroxyl groups is 1. The fourth-order valence-electron chi connectivity index (χ4n) is 3.92. The molecule has 184 valence electrons. The lowest BCUT2D eigenvalue weighted by molar-refractivity contribution is -0.338. The summed E-state index contributed by atoms with van der Waals surface area (Å²) >= 11 is 6.18. The lowest BCUT2D eigenvalue weighted by Gasteiger charge is -2.32. The summed E-state index contributed by atoms with van der Waals surface area (Å²) in [6.45, 7) is 0. The van der Waals surface area contributed by atoms with Crippen LogP contribution in [0.5, 0.6) is 5.75 Å². The molecule has 0 spiro atoms. The largest absolute Gasteiger partial charge is 0.508 e. The van der Waals surface area contributed by atoms with Crippen molar-refractivity contribution < 1.29 is 36.6 Å². The number of aliphatic hydroxyl groups is 1. The molecule has 3 aromatic rings. The zero-order chi connectivity index (χ0) is 25.6. The fourth-order valence-corrected chi connectivity index (χ4v) is 4.14. The summed E-state index contributed by atoms with van der Waals surface area (Å²) in [7, 11) is 0. The third-order valence-corrected chi connectivity index (χ3v) is 6.04. The van der Waals surface area contributed by atoms with E-state index >= 15 is 0 Å². The van der Waals surface area contributed by atoms with E-state index in [1.54, 1.807) is 30.3 Å². The lowest BCUT2D eigenvalue weighted by Crippen LogP contribution is -2.62. The van der Waals surface area contributed by atoms with Crippen LogP contribution in [0.15, 0.2) is 77.9 Å². The van der Waals surface area contributed by atoms with Gasteiger partial charge in [-0.2, -0.15) is 31.4 Å². The maximum atomic E-state index is 13.5. The number of phenols is 1. The minimum Gasteiger partial charge on any atom is -0.508 e. The Morgan fingerprint density at radius 1 is 0.829 bits per heavy atom. The molecule has 1 aliphatic rings. The Kier molecular flexibility index (Phi) is 6.23. The van der Waals surface area contributed by atoms with Gasteiger partial charge in [0.15, 0.2) is 0 Å². The van der Waals surface area contributed by atoms with Crippen molar-refractivity contribution in [2.75, 3.05) is 5.01 Å². The van der Waals surface area contributed by atoms with Crippen molar-refractivity contribution in [1.29, 1.82) is 0 Å². The molecule has 0 aliphatic carbocycles. The van der Waals surface area contributed by atoms with Gasteiger partial charge in [0.25, 0.3) is 5.60 Å². The summed E-state index contributed by atoms with van der Waals surface area (Å²) in [5, 5.41) is 24.3. The predicted octanol–water partition coefficient (Wildman–Crippen LogP) is 6.88. The van der Waals surface area contributed by atoms with E-state index in [4.69, 9.17) is 11.6 Å². The minimum atomic E-state index is -6.05. The highest BCUT2D eigenvalue weighted by Gasteiger charge is 2.74. The molecule has 1 atom stereocenters. The average molecular weight is 515 g/mol. The van der Waals surface area contributed by atoms with Crippen LogP contribution in [0.25, 0.3) is 11.1 Å². The van der Waals surface area contributed by atoms with Gasteiger partial charge in [0, 0.05) is 6.42 Å². The van der Waals surface area contributed by atoms with E-state index in [-0.39, 0.29) is 16.5 Å². The summed E-state index contributed by atoms with van der Waals surface area (Å²) < 4.78 is 81.3. The molecular weight excluding hydrogens is 498 g/mol. The van der Waals surface area contributed by atoms with E-state index in [0.717, 1.165) is 5.01 Å². The number of hydrogen-bond donors (Lipinski definition) is 2. The van der Waals surface area contributed by atoms with Crippen molar-refractivity contribution in [3.05, 3.63) is 83.4 Å². The number of hydrazone groups is 1. The normalized spacial score (nSPS) is 17.0. The molecule has 4 rings (SSSR count). The second-order valence-electron chi connectivity index (χ2n) is 7.94. The number of hydrogen-bond acceptors (Lipinski definition) is 4. The smallest absolute Gasteiger partial charge is 0.431 e. The number of anilines is 1. The Balaban J connectivity index is 1.79. The van der Waals surface area contributed by atoms with Crippen LogP contribution in [-0.4, -0.2) is 33.9 Å². The zero-order valence-corrected chi connectivity index (χ0v) is 18.4. The highest BCUT2D eigenvalue weighted by molar-refractivity contribution is 6.33. The molecule has 11 heteroatoms. The molecule has 0 radical (unpaired) electrons. The lowest BCUT2D eigenvalue weighted by atomic mass is 9.89. The van der Waals surface area contributed by atoms with E-state index in [1.165, 1.54) is 42.5 Å². The van der Waals surface area contributed by atoms with Gasteiger partial charge < -0.3 is 10.2 Å². The Bertz CT molecular complexity index is 1240. The number of halogens is 7. The summed E-state index contributed by atoms with van der Waals surface area (Å²) in [6, 6.07) is 17.4. The van der Waals surface area contributed by atoms with E-state index in [1.807, 2.05) is 0 Å². The monoisotopic (exact) mass is 514 g/mol. The summed E-state index contributed by atoms with van der Waals surface area (Å²) in [4.78, 5) is 0. The van der Waals surface area contributed by atoms with Crippen LogP contribution < -0.4 is 5.01 Å². The van der Waals surface area contributed by atoms with Gasteiger partial charge >= 0.3 is 12.4 Å². The van der Waals surface area contributed by atoms with Gasteiger partial charge in [-0.25, -0.2) is 0 Å². The fraction of sp³-hybridized carbons (Fsp3) is 0.208. The van der Waals surface area contributed by atoms with Crippen LogP contribution in [0.2, 0.25) is 5.02 Å². The van der Waals surface area contributed by atoms with Gasteiger partial charge in [-0.3, -0.25) is 5.01 Å². The van der Waals surface area contributed by atoms with Gasteiger partial charge in [0.05, 0.1) is 22.5 Å². The number of para-hydroxylation sites is 1. The Hall–Kier alpha value is -3.24. The third kappa shape index (κ3) is 4.43. The van der Waals surface area contributed by atoms with Crippen molar-refractivity contribution >= 4 is 23.0 Å². The number of benzene rings is 3. The SMILES string of the molecule is Oc1cccc(-c2ccc(C3CC(C(O)(C(F)(F)F)C(F)(F)F)=NN3c3ccccc3Cl)cc2)c1. The molecule has 1 unspecified atom stereocenters. The first-order valence-corrected chi connectivity index (χ1v) is 10.6. The first kappa shape index (κ1) is 24.9. The van der Waals surface area contributed by atoms with Crippen molar-refractivity contribution in [3.8, 4) is 16.9 Å². The van der Waals surface area contributed by atoms with Crippen molar-refractivity contribution in [3.63, 3.8) is 0 Å². The molecule has 3 aromatic carbocycles. The molecule has 0 saturated heterocycles. The second kappa shape index (κ2) is 8.76. The molecule has 1 heterocycles. The molecule has 0 fully saturated rings. The van der Waals surface area contributed by atoms with E-state index < -0.39 is 36.1 Å². The maximum absolute atomic E-state index is 13.5. The standard InChI is InChI=1S/C24H17ClF6N2O2/c25-18-6-1-2-7-19(18)33-20(13-21(32-33)22(35,23(26,27)28)24(29,30)31)15-10-8-14(9-11-15)16-4-3-5-17(34)12-16/h1-12,20,34-35H,13H2. The number of alkyl halides is 6. The third-order valence-electron chi connectivity index (χ3n) is 5.72. The second-order valence-corrected chi connectivity index (χ2v) is 8.35. The van der Waals surface area contributed by atoms with Crippen molar-refractivity contribution in [2.45, 2.75) is 30.4 Å². The van der Waals surface area contributed by atoms with Crippen molar-refractivity contribution in [1.82, 2.24) is 0 Å². The van der Waals surface area contributed by atoms with Crippen LogP contribution in [0.4, 0.5) is 32.0 Å². The molecule has 0 saturated carbocycles. The topological polar surface area (TPSA) is 56.1 Å². The molecule has 4 nitrogen and oxygen atoms in total. The predicted molar refractivity (Wildman–Crippen MR) is 119 cm³/mol. The summed E-state index contributed by atoms with van der Waals surface area (Å²) in [5.74, 6) is 0.0314. The molecule has 0 bridgehead atoms. The Labute approximate surface area is 200 Å². The van der Waals surface area contributed by atoms with Crippen molar-refractivity contribution in [2.24, 2.45) is 5.10 Å². The van der Waals surface area contributed by atoms with Gasteiger partial charge in [-0.05, 0) is 41.0 Å². The molecule has 0 aromatic heterocycles. The van der Waals surface area contributed by atoms with Crippen LogP contribution >= 0.6 is 11.6 Å². The number of nitrogens with zero attached hydrogens (tertiary/aromatic N) is 2. The van der Waals surface area contributed by atoms with Gasteiger partial charge in [-0.15, -0.1) is 0 Å². The molecule has 0 amide bonds. The molecule has 1 aliphatic heterocycles. The zero-order valence-electron chi connectivity index (χ0n) is 17.6. The average Bonchev–Trinajstić information content (AvgIpc) is 3.23. The first-order valence-electron chi connectivity index (χ1n) is 10.2. The van der Waals surface area contributed by atoms with Gasteiger partial charge in [0.2, 0.25) is 0 Å². The van der Waals surface area contributed by atoms with E-state index in [9.17, 15) is 36.6 Å². The van der Waals surface area contributed by atoms with E-state index in [0.29, 0.717) is 16.7 Å². The van der Waals surface area contributed by atoms with Crippen LogP contribution in [0.1, 0.15) is 18.0 Å². The Morgan fingerprint density at radius 3 is 2.03 bits per heavy atom. The summed E-state index contributed by atoms with van der Waals surface area (Å²) in [6.07, 6.45) is -13.0. The minimum absolute atomic E-state index is 0.0314. The Morgan fingerprint density at radius 2 is 1.46 bits per heavy atom. The van der Waals surface area contributed by atoms with Crippen LogP contribution in [0.3, 0.4) is 0 Å². The summed E-state index contributed by atoms with van der Waals surface area (Å²) in [5.41, 5.74) is -4.87. The van der Waals surface area contributed by atoms with Gasteiger partial charge in [-0.1, -0.05) is 60.1 Å². The first-order chi connectivity index (χ1) is 16.3. The van der Waals surface area contributed by atoms with Gasteiger partial charge in [0.1, 0.15) is 5.75 Å². The maximum Gasteiger partial charge on any atom is 0.431 e. The number of rotatable bonds is 4. The molecule has 2 N–H and O–H groups in total.